The summed E-state index contributed by atoms with van der Waals surface area (Å²) in [5.41, 5.74) is 4.82. The number of carbonyl (C=O) groups is 3. The third-order valence-electron chi connectivity index (χ3n) is 3.70. The molecule has 8 heteroatoms. The van der Waals surface area contributed by atoms with E-state index in [1.807, 2.05) is 0 Å². The summed E-state index contributed by atoms with van der Waals surface area (Å²) in [6, 6.07) is 14.2. The fourth-order valence-corrected chi connectivity index (χ4v) is 3.24. The summed E-state index contributed by atoms with van der Waals surface area (Å²) in [4.78, 5) is 36.3. The Morgan fingerprint density at radius 1 is 1.04 bits per heavy atom. The number of thiophene rings is 1. The molecular formula is C19H15FN2O4S. The second-order valence-corrected chi connectivity index (χ2v) is 6.70. The van der Waals surface area contributed by atoms with Crippen molar-refractivity contribution in [1.82, 2.24) is 10.9 Å². The summed E-state index contributed by atoms with van der Waals surface area (Å²) >= 11 is 1.07. The fraction of sp³-hybridized carbons (Fsp3) is 0.105. The van der Waals surface area contributed by atoms with Gasteiger partial charge in [0.05, 0.1) is 0 Å². The zero-order valence-corrected chi connectivity index (χ0v) is 15.0. The highest BCUT2D eigenvalue weighted by molar-refractivity contribution is 7.20. The summed E-state index contributed by atoms with van der Waals surface area (Å²) in [6.07, 6.45) is -1.15. The Labute approximate surface area is 157 Å². The van der Waals surface area contributed by atoms with E-state index in [1.165, 1.54) is 19.1 Å². The van der Waals surface area contributed by atoms with Crippen molar-refractivity contribution in [3.05, 3.63) is 70.9 Å². The summed E-state index contributed by atoms with van der Waals surface area (Å²) in [5, 5.41) is 0.321. The zero-order chi connectivity index (χ0) is 19.4. The van der Waals surface area contributed by atoms with Crippen LogP contribution in [0, 0.1) is 5.82 Å². The summed E-state index contributed by atoms with van der Waals surface area (Å²) in [5.74, 6) is -2.37. The maximum Gasteiger partial charge on any atom is 0.349 e. The highest BCUT2D eigenvalue weighted by atomic mass is 32.1. The Morgan fingerprint density at radius 2 is 1.78 bits per heavy atom. The van der Waals surface area contributed by atoms with Crippen molar-refractivity contribution in [3.8, 4) is 0 Å². The molecule has 0 unspecified atom stereocenters. The molecule has 3 aromatic rings. The molecule has 3 rings (SSSR count). The van der Waals surface area contributed by atoms with E-state index in [1.54, 1.807) is 42.5 Å². The van der Waals surface area contributed by atoms with Crippen LogP contribution in [-0.4, -0.2) is 23.9 Å². The second-order valence-electron chi connectivity index (χ2n) is 5.62. The van der Waals surface area contributed by atoms with Gasteiger partial charge in [-0.15, -0.1) is 11.3 Å². The van der Waals surface area contributed by atoms with E-state index in [0.717, 1.165) is 11.3 Å². The highest BCUT2D eigenvalue weighted by Gasteiger charge is 2.21. The molecule has 0 saturated heterocycles. The smallest absolute Gasteiger partial charge is 0.349 e. The standard InChI is InChI=1S/C19H15FN2O4S/c1-11(17(23)21-22-18(24)12-6-3-2-4-7-12)26-19(25)16-10-13-14(20)8-5-9-15(13)27-16/h2-11H,1H3,(H,21,23)(H,22,24)/t11-/m1/s1. The van der Waals surface area contributed by atoms with Crippen molar-refractivity contribution >= 4 is 39.2 Å². The number of halogens is 1. The molecule has 0 aliphatic heterocycles. The van der Waals surface area contributed by atoms with Crippen LogP contribution in [0.25, 0.3) is 10.1 Å². The first-order chi connectivity index (χ1) is 13.0. The first-order valence-corrected chi connectivity index (χ1v) is 8.81. The molecule has 1 heterocycles. The van der Waals surface area contributed by atoms with Crippen molar-refractivity contribution in [3.63, 3.8) is 0 Å². The third-order valence-corrected chi connectivity index (χ3v) is 4.78. The molecule has 2 aromatic carbocycles. The van der Waals surface area contributed by atoms with Crippen molar-refractivity contribution in [2.75, 3.05) is 0 Å². The predicted molar refractivity (Wildman–Crippen MR) is 98.7 cm³/mol. The van der Waals surface area contributed by atoms with E-state index in [2.05, 4.69) is 10.9 Å². The number of ether oxygens (including phenoxy) is 1. The van der Waals surface area contributed by atoms with Gasteiger partial charge in [0, 0.05) is 15.6 Å². The molecule has 0 spiro atoms. The average molecular weight is 386 g/mol. The minimum Gasteiger partial charge on any atom is -0.448 e. The topological polar surface area (TPSA) is 84.5 Å². The quantitative estimate of drug-likeness (QED) is 0.533. The van der Waals surface area contributed by atoms with Gasteiger partial charge >= 0.3 is 5.97 Å². The number of amides is 2. The Kier molecular flexibility index (Phi) is 5.46. The lowest BCUT2D eigenvalue weighted by Crippen LogP contribution is -2.46. The number of esters is 1. The molecule has 0 aliphatic carbocycles. The highest BCUT2D eigenvalue weighted by Crippen LogP contribution is 2.28. The van der Waals surface area contributed by atoms with E-state index in [0.29, 0.717) is 15.6 Å². The van der Waals surface area contributed by atoms with Gasteiger partial charge < -0.3 is 4.74 Å². The van der Waals surface area contributed by atoms with Gasteiger partial charge in [-0.05, 0) is 37.3 Å². The van der Waals surface area contributed by atoms with E-state index < -0.39 is 29.7 Å². The number of rotatable bonds is 4. The van der Waals surface area contributed by atoms with Gasteiger partial charge in [0.15, 0.2) is 6.10 Å². The molecule has 0 radical (unpaired) electrons. The molecule has 0 fully saturated rings. The van der Waals surface area contributed by atoms with E-state index in [4.69, 9.17) is 4.74 Å². The minimum absolute atomic E-state index is 0.183. The Balaban J connectivity index is 1.57. The maximum absolute atomic E-state index is 13.7. The van der Waals surface area contributed by atoms with E-state index >= 15 is 0 Å². The molecule has 2 amide bonds. The first-order valence-electron chi connectivity index (χ1n) is 8.00. The van der Waals surface area contributed by atoms with Gasteiger partial charge in [0.1, 0.15) is 10.7 Å². The lowest BCUT2D eigenvalue weighted by molar-refractivity contribution is -0.129. The van der Waals surface area contributed by atoms with Crippen LogP contribution in [0.5, 0.6) is 0 Å². The monoisotopic (exact) mass is 386 g/mol. The number of hydrogen-bond acceptors (Lipinski definition) is 5. The maximum atomic E-state index is 13.7. The van der Waals surface area contributed by atoms with Crippen molar-refractivity contribution < 1.29 is 23.5 Å². The number of hydrazine groups is 1. The molecule has 1 atom stereocenters. The number of fused-ring (bicyclic) bond motifs is 1. The van der Waals surface area contributed by atoms with Crippen LogP contribution in [-0.2, 0) is 9.53 Å². The summed E-state index contributed by atoms with van der Waals surface area (Å²) in [7, 11) is 0. The average Bonchev–Trinajstić information content (AvgIpc) is 3.12. The molecule has 27 heavy (non-hydrogen) atoms. The molecule has 2 N–H and O–H groups in total. The lowest BCUT2D eigenvalue weighted by Gasteiger charge is -2.13. The molecule has 1 aromatic heterocycles. The van der Waals surface area contributed by atoms with Gasteiger partial charge in [-0.25, -0.2) is 9.18 Å². The largest absolute Gasteiger partial charge is 0.448 e. The number of carbonyl (C=O) groups excluding carboxylic acids is 3. The number of hydrogen-bond donors (Lipinski definition) is 2. The first kappa shape index (κ1) is 18.5. The van der Waals surface area contributed by atoms with Crippen LogP contribution >= 0.6 is 11.3 Å². The Morgan fingerprint density at radius 3 is 2.48 bits per heavy atom. The molecule has 0 saturated carbocycles. The molecule has 0 bridgehead atoms. The molecule has 0 aliphatic rings. The van der Waals surface area contributed by atoms with Gasteiger partial charge in [0.25, 0.3) is 11.8 Å². The van der Waals surface area contributed by atoms with Crippen LogP contribution in [0.4, 0.5) is 4.39 Å². The molecule has 138 valence electrons. The van der Waals surface area contributed by atoms with Gasteiger partial charge in [-0.1, -0.05) is 24.3 Å². The summed E-state index contributed by atoms with van der Waals surface area (Å²) in [6.45, 7) is 1.37. The van der Waals surface area contributed by atoms with E-state index in [-0.39, 0.29) is 4.88 Å². The lowest BCUT2D eigenvalue weighted by atomic mass is 10.2. The number of nitrogens with one attached hydrogen (secondary N) is 2. The van der Waals surface area contributed by atoms with Crippen LogP contribution in [0.2, 0.25) is 0 Å². The van der Waals surface area contributed by atoms with Gasteiger partial charge in [-0.3, -0.25) is 20.4 Å². The Hall–Kier alpha value is -3.26. The molecule has 6 nitrogen and oxygen atoms in total. The Bertz CT molecular complexity index is 1000. The third kappa shape index (κ3) is 4.29. The number of benzene rings is 2. The van der Waals surface area contributed by atoms with Crippen LogP contribution < -0.4 is 10.9 Å². The SMILES string of the molecule is C[C@@H](OC(=O)c1cc2c(F)cccc2s1)C(=O)NNC(=O)c1ccccc1. The van der Waals surface area contributed by atoms with Gasteiger partial charge in [0.2, 0.25) is 0 Å². The van der Waals surface area contributed by atoms with Crippen molar-refractivity contribution in [2.24, 2.45) is 0 Å². The van der Waals surface area contributed by atoms with E-state index in [9.17, 15) is 18.8 Å². The van der Waals surface area contributed by atoms with Crippen molar-refractivity contribution in [2.45, 2.75) is 13.0 Å². The van der Waals surface area contributed by atoms with Crippen LogP contribution in [0.15, 0.2) is 54.6 Å². The minimum atomic E-state index is -1.15. The zero-order valence-electron chi connectivity index (χ0n) is 14.2. The van der Waals surface area contributed by atoms with Crippen molar-refractivity contribution in [1.29, 1.82) is 0 Å². The van der Waals surface area contributed by atoms with Crippen LogP contribution in [0.3, 0.4) is 0 Å². The summed E-state index contributed by atoms with van der Waals surface area (Å²) < 4.78 is 19.4. The van der Waals surface area contributed by atoms with Crippen LogP contribution in [0.1, 0.15) is 27.0 Å². The normalized spacial score (nSPS) is 11.6. The molecular weight excluding hydrogens is 371 g/mol. The van der Waals surface area contributed by atoms with Gasteiger partial charge in [-0.2, -0.15) is 0 Å². The predicted octanol–water partition coefficient (Wildman–Crippen LogP) is 3.05. The fourth-order valence-electron chi connectivity index (χ4n) is 2.28. The second kappa shape index (κ2) is 7.96.